The van der Waals surface area contributed by atoms with Crippen LogP contribution in [0, 0.1) is 5.41 Å². The van der Waals surface area contributed by atoms with E-state index in [1.807, 2.05) is 0 Å². The second-order valence-electron chi connectivity index (χ2n) is 6.25. The molecule has 3 aromatic rings. The third-order valence-corrected chi connectivity index (χ3v) is 4.34. The van der Waals surface area contributed by atoms with E-state index in [-0.39, 0.29) is 48.1 Å². The number of imidazole rings is 1. The van der Waals surface area contributed by atoms with E-state index in [1.54, 1.807) is 35.9 Å². The second-order valence-corrected chi connectivity index (χ2v) is 6.25. The Morgan fingerprint density at radius 2 is 1.86 bits per heavy atom. The third-order valence-electron chi connectivity index (χ3n) is 4.34. The Morgan fingerprint density at radius 1 is 1.21 bits per heavy atom. The van der Waals surface area contributed by atoms with Crippen LogP contribution in [-0.4, -0.2) is 36.0 Å². The van der Waals surface area contributed by atoms with Crippen LogP contribution < -0.4 is 11.3 Å². The maximum absolute atomic E-state index is 12.7. The van der Waals surface area contributed by atoms with Crippen LogP contribution in [0.4, 0.5) is 0 Å². The number of rotatable bonds is 7. The third kappa shape index (κ3) is 5.12. The first-order valence-electron chi connectivity index (χ1n) is 8.47. The molecule has 0 unspecified atom stereocenters. The number of carboxylic acid groups (broad SMARTS) is 1. The van der Waals surface area contributed by atoms with Gasteiger partial charge in [0.25, 0.3) is 5.56 Å². The molecule has 0 spiro atoms. The lowest BCUT2D eigenvalue weighted by Gasteiger charge is -2.05. The molecule has 0 saturated heterocycles. The van der Waals surface area contributed by atoms with Crippen molar-refractivity contribution in [3.05, 3.63) is 46.5 Å². The number of carboxylic acids is 1. The van der Waals surface area contributed by atoms with Crippen molar-refractivity contribution >= 4 is 47.8 Å². The monoisotopic (exact) mass is 440 g/mol. The fourth-order valence-corrected chi connectivity index (χ4v) is 2.87. The lowest BCUT2D eigenvalue weighted by atomic mass is 10.1. The quantitative estimate of drug-likeness (QED) is 0.292. The van der Waals surface area contributed by atoms with Gasteiger partial charge in [0.2, 0.25) is 0 Å². The number of nitrogens with zero attached hydrogens (tertiary/aromatic N) is 4. The normalized spacial score (nSPS) is 10.2. The van der Waals surface area contributed by atoms with Crippen LogP contribution in [0.5, 0.6) is 0 Å². The van der Waals surface area contributed by atoms with E-state index in [9.17, 15) is 9.59 Å². The molecular formula is C18H22Cl2N6O3. The number of fused-ring (bicyclic) bond motifs is 1. The molecule has 4 N–H and O–H groups in total. The van der Waals surface area contributed by atoms with Crippen molar-refractivity contribution < 1.29 is 9.90 Å². The number of hydrogen-bond donors (Lipinski definition) is 3. The zero-order chi connectivity index (χ0) is 19.6. The fourth-order valence-electron chi connectivity index (χ4n) is 2.87. The Morgan fingerprint density at radius 3 is 2.45 bits per heavy atom. The molecule has 0 saturated carbocycles. The first-order chi connectivity index (χ1) is 12.9. The fraction of sp³-hybridized carbons (Fsp3) is 0.278. The lowest BCUT2D eigenvalue weighted by Crippen LogP contribution is -2.21. The number of carbonyl (C=O) groups is 1. The van der Waals surface area contributed by atoms with Gasteiger partial charge in [0.05, 0.1) is 0 Å². The molecule has 11 heteroatoms. The Balaban J connectivity index is 0.00000210. The number of nitrogens with one attached hydrogen (secondary N) is 1. The summed E-state index contributed by atoms with van der Waals surface area (Å²) in [5.41, 5.74) is 7.36. The van der Waals surface area contributed by atoms with Crippen molar-refractivity contribution in [2.75, 3.05) is 0 Å². The summed E-state index contributed by atoms with van der Waals surface area (Å²) in [4.78, 5) is 32.1. The summed E-state index contributed by atoms with van der Waals surface area (Å²) < 4.78 is 3.20. The van der Waals surface area contributed by atoms with Crippen molar-refractivity contribution in [2.24, 2.45) is 12.8 Å². The maximum Gasteiger partial charge on any atom is 0.303 e. The summed E-state index contributed by atoms with van der Waals surface area (Å²) in [6, 6.07) is 7.04. The highest BCUT2D eigenvalue weighted by atomic mass is 35.5. The van der Waals surface area contributed by atoms with E-state index in [1.165, 1.54) is 10.9 Å². The molecule has 0 radical (unpaired) electrons. The van der Waals surface area contributed by atoms with Crippen molar-refractivity contribution in [3.8, 4) is 11.4 Å². The molecule has 1 aromatic carbocycles. The van der Waals surface area contributed by atoms with Gasteiger partial charge in [0.15, 0.2) is 11.2 Å². The molecule has 0 bridgehead atoms. The number of hydrogen-bond acceptors (Lipinski definition) is 5. The molecule has 2 aromatic heterocycles. The van der Waals surface area contributed by atoms with Gasteiger partial charge in [-0.2, -0.15) is 0 Å². The minimum atomic E-state index is -0.846. The number of aryl methyl sites for hydroxylation is 2. The first kappa shape index (κ1) is 24.1. The van der Waals surface area contributed by atoms with E-state index in [2.05, 4.69) is 9.97 Å². The van der Waals surface area contributed by atoms with Crippen molar-refractivity contribution in [3.63, 3.8) is 0 Å². The van der Waals surface area contributed by atoms with Crippen LogP contribution in [0.15, 0.2) is 35.4 Å². The molecule has 0 amide bonds. The second kappa shape index (κ2) is 10.0. The smallest absolute Gasteiger partial charge is 0.303 e. The van der Waals surface area contributed by atoms with Gasteiger partial charge in [-0.05, 0) is 12.8 Å². The van der Waals surface area contributed by atoms with E-state index < -0.39 is 5.97 Å². The Labute approximate surface area is 178 Å². The summed E-state index contributed by atoms with van der Waals surface area (Å²) >= 11 is 0. The molecule has 2 heterocycles. The Hall–Kier alpha value is -2.91. The molecule has 0 aliphatic rings. The molecule has 0 atom stereocenters. The number of unbranched alkanes of at least 4 members (excludes halogenated alkanes) is 1. The summed E-state index contributed by atoms with van der Waals surface area (Å²) in [7, 11) is 1.78. The number of amidine groups is 1. The van der Waals surface area contributed by atoms with Crippen LogP contribution in [0.3, 0.4) is 0 Å². The predicted molar refractivity (Wildman–Crippen MR) is 115 cm³/mol. The summed E-state index contributed by atoms with van der Waals surface area (Å²) in [5, 5.41) is 16.1. The zero-order valence-corrected chi connectivity index (χ0v) is 17.3. The number of aromatic nitrogens is 4. The van der Waals surface area contributed by atoms with Crippen molar-refractivity contribution in [1.82, 2.24) is 19.1 Å². The van der Waals surface area contributed by atoms with Crippen LogP contribution in [0.25, 0.3) is 22.6 Å². The van der Waals surface area contributed by atoms with Gasteiger partial charge >= 0.3 is 5.97 Å². The highest BCUT2D eigenvalue weighted by Crippen LogP contribution is 2.21. The highest BCUT2D eigenvalue weighted by Gasteiger charge is 2.15. The number of nitrogens with two attached hydrogens (primary N) is 1. The van der Waals surface area contributed by atoms with Crippen LogP contribution in [0.1, 0.15) is 24.8 Å². The van der Waals surface area contributed by atoms with E-state index in [0.29, 0.717) is 36.4 Å². The van der Waals surface area contributed by atoms with Gasteiger partial charge in [0, 0.05) is 31.1 Å². The molecular weight excluding hydrogens is 419 g/mol. The maximum atomic E-state index is 12.7. The summed E-state index contributed by atoms with van der Waals surface area (Å²) in [6.45, 7) is 0.397. The molecule has 0 aliphatic carbocycles. The van der Waals surface area contributed by atoms with Gasteiger partial charge in [-0.3, -0.25) is 19.6 Å². The molecule has 0 aliphatic heterocycles. The average Bonchev–Trinajstić information content (AvgIpc) is 2.98. The SMILES string of the molecule is Cl.Cl.Cn1c(-c2ccc(C(=N)N)cc2)nc2c(=O)n(CCCCC(=O)O)cnc21. The average molecular weight is 441 g/mol. The van der Waals surface area contributed by atoms with E-state index in [4.69, 9.17) is 16.2 Å². The minimum absolute atomic E-state index is 0. The number of nitrogen functional groups attached to an aromatic ring is 1. The minimum Gasteiger partial charge on any atom is -0.481 e. The molecule has 3 rings (SSSR count). The summed E-state index contributed by atoms with van der Waals surface area (Å²) in [5.74, 6) is -0.270. The van der Waals surface area contributed by atoms with Gasteiger partial charge in [0.1, 0.15) is 18.0 Å². The van der Waals surface area contributed by atoms with Gasteiger partial charge in [-0.25, -0.2) is 9.97 Å². The Bertz CT molecular complexity index is 1080. The van der Waals surface area contributed by atoms with Gasteiger partial charge < -0.3 is 15.4 Å². The first-order valence-corrected chi connectivity index (χ1v) is 8.47. The van der Waals surface area contributed by atoms with Crippen molar-refractivity contribution in [1.29, 1.82) is 5.41 Å². The largest absolute Gasteiger partial charge is 0.481 e. The lowest BCUT2D eigenvalue weighted by molar-refractivity contribution is -0.137. The standard InChI is InChI=1S/C18H20N6O3.2ClH/c1-23-16(12-7-5-11(6-8-12)15(19)20)22-14-17(23)21-10-24(18(14)27)9-3-2-4-13(25)26;;/h5-8,10H,2-4,9H2,1H3,(H3,19,20)(H,25,26);2*1H. The molecule has 29 heavy (non-hydrogen) atoms. The van der Waals surface area contributed by atoms with Crippen molar-refractivity contribution in [2.45, 2.75) is 25.8 Å². The van der Waals surface area contributed by atoms with Crippen LogP contribution in [-0.2, 0) is 18.4 Å². The summed E-state index contributed by atoms with van der Waals surface area (Å²) in [6.07, 6.45) is 2.62. The van der Waals surface area contributed by atoms with Gasteiger partial charge in [-0.1, -0.05) is 24.3 Å². The number of benzene rings is 1. The Kier molecular flexibility index (Phi) is 8.35. The number of aliphatic carboxylic acids is 1. The topological polar surface area (TPSA) is 140 Å². The highest BCUT2D eigenvalue weighted by molar-refractivity contribution is 5.95. The van der Waals surface area contributed by atoms with Gasteiger partial charge in [-0.15, -0.1) is 24.8 Å². The molecule has 9 nitrogen and oxygen atoms in total. The van der Waals surface area contributed by atoms with E-state index in [0.717, 1.165) is 5.56 Å². The predicted octanol–water partition coefficient (Wildman–Crippen LogP) is 2.18. The van der Waals surface area contributed by atoms with Crippen LogP contribution in [0.2, 0.25) is 0 Å². The number of halogens is 2. The molecule has 0 fully saturated rings. The molecule has 156 valence electrons. The zero-order valence-electron chi connectivity index (χ0n) is 15.7. The van der Waals surface area contributed by atoms with E-state index >= 15 is 0 Å². The van der Waals surface area contributed by atoms with Crippen LogP contribution >= 0.6 is 24.8 Å².